The average Bonchev–Trinajstić information content (AvgIpc) is 3.39. The van der Waals surface area contributed by atoms with Crippen LogP contribution in [0.5, 0.6) is 0 Å². The number of benzene rings is 6. The second-order valence-electron chi connectivity index (χ2n) is 19.1. The molecule has 0 radical (unpaired) electrons. The van der Waals surface area contributed by atoms with Crippen LogP contribution >= 0.6 is 11.8 Å². The Morgan fingerprint density at radius 1 is 0.701 bits per heavy atom. The molecule has 1 aliphatic heterocycles. The Labute approximate surface area is 449 Å². The van der Waals surface area contributed by atoms with Crippen molar-refractivity contribution in [2.45, 2.75) is 93.7 Å². The molecule has 2 aliphatic rings. The number of esters is 1. The van der Waals surface area contributed by atoms with Crippen LogP contribution in [-0.4, -0.2) is 54.4 Å². The Kier molecular flexibility index (Phi) is 18.1. The van der Waals surface area contributed by atoms with Crippen LogP contribution in [0.15, 0.2) is 129 Å². The number of nitrogens with one attached hydrogen (secondary N) is 3. The number of para-hydroxylation sites is 2. The number of hydrogen-bond donors (Lipinski definition) is 3. The standard InChI is InChI=1S/C57H57F4N4O9S3/c1-10-47(66)72-26-25-62-57(67)73-27-28-75-55-49(58)51(60)56(52(61)50(55)59)77(70,71)65-76(68,69)46-20-12-11-15-43(46)48-41-23-21-35(63-53-37(31(2)3)16-13-17-38(53)32(4)5)29-44(41)74-45-30-36(22-24-42(45)48)64-54-39(33(6)7)18-14-19-40(54)34(8)9/h10-24,29-34H,1,25-28H2,2-9H3,(H,62,67)(H,63,64)/q-1/p+1. The van der Waals surface area contributed by atoms with Gasteiger partial charge in [-0.1, -0.05) is 117 Å². The molecule has 0 aromatic heterocycles. The number of alkyl carbamates (subject to hydrolysis) is 1. The zero-order valence-electron chi connectivity index (χ0n) is 43.5. The van der Waals surface area contributed by atoms with Crippen LogP contribution < -0.4 is 21.0 Å². The Morgan fingerprint density at radius 3 is 1.90 bits per heavy atom. The molecule has 7 rings (SSSR count). The third-order valence-electron chi connectivity index (χ3n) is 12.4. The molecule has 406 valence electrons. The normalized spacial score (nSPS) is 12.3. The van der Waals surface area contributed by atoms with Crippen molar-refractivity contribution < 1.29 is 62.9 Å². The van der Waals surface area contributed by atoms with Gasteiger partial charge < -0.3 is 28.7 Å². The Bertz CT molecular complexity index is 3600. The number of nitrogens with zero attached hydrogens (tertiary/aromatic N) is 1. The summed E-state index contributed by atoms with van der Waals surface area (Å²) in [6.45, 7) is 19.1. The van der Waals surface area contributed by atoms with E-state index in [1.54, 1.807) is 36.4 Å². The second-order valence-corrected chi connectivity index (χ2v) is 23.6. The number of sulfonamides is 2. The van der Waals surface area contributed by atoms with Crippen molar-refractivity contribution in [1.29, 1.82) is 0 Å². The number of carbonyl (C=O) groups is 2. The van der Waals surface area contributed by atoms with Crippen LogP contribution in [-0.2, 0) is 34.3 Å². The molecule has 20 heteroatoms. The van der Waals surface area contributed by atoms with Gasteiger partial charge in [-0.3, -0.25) is 0 Å². The molecular formula is C57H58F4N4O9S3. The van der Waals surface area contributed by atoms with Crippen LogP contribution in [0.4, 0.5) is 39.4 Å². The summed E-state index contributed by atoms with van der Waals surface area (Å²) in [5, 5.41) is 6.86. The van der Waals surface area contributed by atoms with Gasteiger partial charge in [0.1, 0.15) is 49.5 Å². The van der Waals surface area contributed by atoms with Gasteiger partial charge in [-0.05, 0) is 59.1 Å². The van der Waals surface area contributed by atoms with E-state index in [1.165, 1.54) is 18.2 Å². The third-order valence-corrected chi connectivity index (χ3v) is 16.8. The van der Waals surface area contributed by atoms with E-state index in [2.05, 4.69) is 106 Å². The lowest BCUT2D eigenvalue weighted by Crippen LogP contribution is -2.71. The SMILES string of the molecule is C=CC(=O)OCCNC(=O)OCCSc1c(F)c(F)c(S(=O)(=O)[N-]S(=O)(=O)c2ccccc2-c2c3ccc(=[NH+]c4c(C(C)C)cccc4C(C)C)cc-3oc3cc(Nc4c(C(C)C)cccc4C(C)C)ccc23)c(F)c1F. The van der Waals surface area contributed by atoms with E-state index in [9.17, 15) is 26.4 Å². The Balaban J connectivity index is 1.30. The highest BCUT2D eigenvalue weighted by Crippen LogP contribution is 2.45. The van der Waals surface area contributed by atoms with Gasteiger partial charge in [0.15, 0.2) is 23.3 Å². The molecule has 0 unspecified atom stereocenters. The molecule has 1 amide bonds. The maximum absolute atomic E-state index is 15.8. The van der Waals surface area contributed by atoms with Gasteiger partial charge in [0.2, 0.25) is 11.0 Å². The summed E-state index contributed by atoms with van der Waals surface area (Å²) in [6.07, 6.45) is -0.111. The molecule has 0 saturated heterocycles. The predicted molar refractivity (Wildman–Crippen MR) is 290 cm³/mol. The van der Waals surface area contributed by atoms with Gasteiger partial charge in [0.05, 0.1) is 22.4 Å². The number of fused-ring (bicyclic) bond motifs is 2. The fourth-order valence-electron chi connectivity index (χ4n) is 8.76. The highest BCUT2D eigenvalue weighted by Gasteiger charge is 2.32. The summed E-state index contributed by atoms with van der Waals surface area (Å²) in [5.74, 6) is -9.48. The largest absolute Gasteiger partial charge is 0.461 e. The van der Waals surface area contributed by atoms with E-state index in [0.29, 0.717) is 22.0 Å². The maximum atomic E-state index is 15.8. The number of carbonyl (C=O) groups excluding carboxylic acids is 2. The number of thioether (sulfide) groups is 1. The molecule has 0 saturated carbocycles. The molecule has 5 aromatic carbocycles. The highest BCUT2D eigenvalue weighted by atomic mass is 32.3. The number of halogens is 4. The maximum Gasteiger partial charge on any atom is 0.407 e. The van der Waals surface area contributed by atoms with Crippen molar-refractivity contribution in [3.05, 3.63) is 165 Å². The quantitative estimate of drug-likeness (QED) is 0.0125. The summed E-state index contributed by atoms with van der Waals surface area (Å²) in [4.78, 5) is 22.4. The van der Waals surface area contributed by atoms with E-state index in [-0.39, 0.29) is 71.1 Å². The summed E-state index contributed by atoms with van der Waals surface area (Å²) in [7, 11) is -11.6. The lowest BCUT2D eigenvalue weighted by Gasteiger charge is -2.25. The van der Waals surface area contributed by atoms with Crippen molar-refractivity contribution in [1.82, 2.24) is 5.32 Å². The molecule has 5 aromatic rings. The molecule has 0 atom stereocenters. The number of amides is 1. The Morgan fingerprint density at radius 2 is 1.30 bits per heavy atom. The van der Waals surface area contributed by atoms with Gasteiger partial charge in [0, 0.05) is 68.5 Å². The topological polar surface area (TPSA) is 186 Å². The first-order valence-electron chi connectivity index (χ1n) is 24.6. The number of rotatable bonds is 20. The average molecular weight is 1120 g/mol. The summed E-state index contributed by atoms with van der Waals surface area (Å²) in [5.41, 5.74) is 7.64. The summed E-state index contributed by atoms with van der Waals surface area (Å²) < 4.78 is 138. The minimum Gasteiger partial charge on any atom is -0.461 e. The van der Waals surface area contributed by atoms with E-state index >= 15 is 17.6 Å². The molecule has 1 heterocycles. The van der Waals surface area contributed by atoms with Gasteiger partial charge in [-0.2, -0.15) is 0 Å². The predicted octanol–water partition coefficient (Wildman–Crippen LogP) is 12.3. The Hall–Kier alpha value is -7.00. The fraction of sp³-hybridized carbons (Fsp3) is 0.281. The summed E-state index contributed by atoms with van der Waals surface area (Å²) in [6, 6.07) is 28.1. The summed E-state index contributed by atoms with van der Waals surface area (Å²) >= 11 is 0.144. The fourth-order valence-corrected chi connectivity index (χ4v) is 12.5. The van der Waals surface area contributed by atoms with Crippen molar-refractivity contribution in [3.8, 4) is 22.5 Å². The van der Waals surface area contributed by atoms with E-state index in [1.807, 2.05) is 12.1 Å². The number of ether oxygens (including phenoxy) is 2. The molecule has 3 N–H and O–H groups in total. The monoisotopic (exact) mass is 1110 g/mol. The van der Waals surface area contributed by atoms with Crippen molar-refractivity contribution in [2.75, 3.05) is 30.8 Å². The van der Waals surface area contributed by atoms with Gasteiger partial charge in [-0.15, -0.1) is 11.8 Å². The zero-order valence-corrected chi connectivity index (χ0v) is 46.0. The van der Waals surface area contributed by atoms with Crippen LogP contribution in [0.2, 0.25) is 0 Å². The third kappa shape index (κ3) is 12.7. The first-order chi connectivity index (χ1) is 36.4. The smallest absolute Gasteiger partial charge is 0.407 e. The van der Waals surface area contributed by atoms with E-state index < -0.39 is 82.4 Å². The minimum absolute atomic E-state index is 0.0877. The van der Waals surface area contributed by atoms with Gasteiger partial charge in [0.25, 0.3) is 0 Å². The van der Waals surface area contributed by atoms with Gasteiger partial charge in [-0.25, -0.2) is 49.0 Å². The van der Waals surface area contributed by atoms with Crippen molar-refractivity contribution >= 4 is 71.9 Å². The molecule has 0 spiro atoms. The second kappa shape index (κ2) is 24.1. The first-order valence-corrected chi connectivity index (χ1v) is 28.5. The highest BCUT2D eigenvalue weighted by molar-refractivity contribution is 8.12. The van der Waals surface area contributed by atoms with Crippen LogP contribution in [0.25, 0.3) is 37.5 Å². The number of hydrogen-bond acceptors (Lipinski definition) is 11. The molecule has 0 bridgehead atoms. The molecular weight excluding hydrogens is 1060 g/mol. The van der Waals surface area contributed by atoms with Crippen LogP contribution in [0.1, 0.15) is 101 Å². The van der Waals surface area contributed by atoms with Gasteiger partial charge >= 0.3 is 12.1 Å². The van der Waals surface area contributed by atoms with Crippen molar-refractivity contribution in [3.63, 3.8) is 0 Å². The molecule has 13 nitrogen and oxygen atoms in total. The van der Waals surface area contributed by atoms with E-state index in [4.69, 9.17) is 13.9 Å². The van der Waals surface area contributed by atoms with E-state index in [0.717, 1.165) is 45.8 Å². The minimum atomic E-state index is -6.09. The lowest BCUT2D eigenvalue weighted by atomic mass is 9.92. The molecule has 77 heavy (non-hydrogen) atoms. The molecule has 1 aliphatic carbocycles. The number of anilines is 2. The van der Waals surface area contributed by atoms with Crippen LogP contribution in [0, 0.1) is 23.3 Å². The lowest BCUT2D eigenvalue weighted by molar-refractivity contribution is -0.404. The van der Waals surface area contributed by atoms with Crippen molar-refractivity contribution in [2.24, 2.45) is 0 Å². The zero-order chi connectivity index (χ0) is 56.1. The van der Waals surface area contributed by atoms with Crippen LogP contribution in [0.3, 0.4) is 0 Å². The first kappa shape index (κ1) is 57.7. The molecule has 0 fully saturated rings.